The standard InChI is InChI=1S/C33H37N3O5S/c1-3-41-25-14-12-24(13-15-25)35-19-7-16-32(2)26(29(35)38)27-30(39)36(20-9-21-37)28-31(40)34(18-8-17-33(27,28)42-32)22-23-10-5-4-6-11-23/h4-8,10-17,26-28,37H,3,9,18-22H2,1-2H3/t26-,27+,28?,32+,33+/m1/s1. The van der Waals surface area contributed by atoms with E-state index in [0.717, 1.165) is 17.0 Å². The van der Waals surface area contributed by atoms with E-state index in [9.17, 15) is 19.5 Å². The van der Waals surface area contributed by atoms with Crippen LogP contribution >= 0.6 is 11.8 Å². The van der Waals surface area contributed by atoms with Crippen molar-refractivity contribution in [2.24, 2.45) is 11.8 Å². The Morgan fingerprint density at radius 1 is 0.929 bits per heavy atom. The fraction of sp³-hybridized carbons (Fsp3) is 0.424. The van der Waals surface area contributed by atoms with E-state index in [4.69, 9.17) is 4.74 Å². The maximum Gasteiger partial charge on any atom is 0.247 e. The molecule has 9 heteroatoms. The minimum Gasteiger partial charge on any atom is -0.494 e. The number of nitrogens with zero attached hydrogens (tertiary/aromatic N) is 3. The maximum absolute atomic E-state index is 14.5. The summed E-state index contributed by atoms with van der Waals surface area (Å²) in [5.41, 5.74) is 1.75. The lowest BCUT2D eigenvalue weighted by atomic mass is 9.74. The molecular weight excluding hydrogens is 550 g/mol. The quantitative estimate of drug-likeness (QED) is 0.475. The van der Waals surface area contributed by atoms with Crippen molar-refractivity contribution in [1.82, 2.24) is 9.80 Å². The molecule has 0 radical (unpaired) electrons. The molecule has 3 amide bonds. The van der Waals surface area contributed by atoms with Crippen LogP contribution in [-0.4, -0.2) is 81.0 Å². The molecule has 2 saturated heterocycles. The molecule has 42 heavy (non-hydrogen) atoms. The normalized spacial score (nSPS) is 30.2. The summed E-state index contributed by atoms with van der Waals surface area (Å²) in [5, 5.41) is 9.67. The molecule has 4 heterocycles. The molecule has 220 valence electrons. The van der Waals surface area contributed by atoms with Gasteiger partial charge in [0.2, 0.25) is 17.7 Å². The van der Waals surface area contributed by atoms with Gasteiger partial charge in [-0.25, -0.2) is 0 Å². The van der Waals surface area contributed by atoms with Gasteiger partial charge < -0.3 is 24.5 Å². The molecule has 1 unspecified atom stereocenters. The van der Waals surface area contributed by atoms with Crippen LogP contribution in [0.2, 0.25) is 0 Å². The van der Waals surface area contributed by atoms with Gasteiger partial charge in [-0.3, -0.25) is 14.4 Å². The van der Waals surface area contributed by atoms with E-state index in [1.807, 2.05) is 86.7 Å². The van der Waals surface area contributed by atoms with Crippen LogP contribution in [0.3, 0.4) is 0 Å². The van der Waals surface area contributed by atoms with E-state index in [1.54, 1.807) is 26.5 Å². The number of aliphatic hydroxyl groups excluding tert-OH is 1. The number of hydrogen-bond acceptors (Lipinski definition) is 6. The van der Waals surface area contributed by atoms with Crippen LogP contribution < -0.4 is 9.64 Å². The average Bonchev–Trinajstić information content (AvgIpc) is 3.26. The number of benzene rings is 2. The zero-order valence-electron chi connectivity index (χ0n) is 24.0. The lowest BCUT2D eigenvalue weighted by Crippen LogP contribution is -2.53. The summed E-state index contributed by atoms with van der Waals surface area (Å²) in [4.78, 5) is 48.5. The molecule has 5 atom stereocenters. The third-order valence-corrected chi connectivity index (χ3v) is 10.7. The third kappa shape index (κ3) is 4.63. The Kier molecular flexibility index (Phi) is 7.66. The van der Waals surface area contributed by atoms with E-state index in [2.05, 4.69) is 6.08 Å². The van der Waals surface area contributed by atoms with Crippen LogP contribution in [-0.2, 0) is 20.9 Å². The molecule has 0 bridgehead atoms. The predicted molar refractivity (Wildman–Crippen MR) is 163 cm³/mol. The van der Waals surface area contributed by atoms with Crippen molar-refractivity contribution in [1.29, 1.82) is 0 Å². The number of ether oxygens (including phenoxy) is 1. The van der Waals surface area contributed by atoms with Gasteiger partial charge in [-0.15, -0.1) is 11.8 Å². The molecule has 0 aromatic heterocycles. The summed E-state index contributed by atoms with van der Waals surface area (Å²) >= 11 is 1.58. The molecule has 1 spiro atoms. The summed E-state index contributed by atoms with van der Waals surface area (Å²) in [7, 11) is 0. The highest BCUT2D eigenvalue weighted by Gasteiger charge is 2.73. The van der Waals surface area contributed by atoms with Gasteiger partial charge in [-0.1, -0.05) is 54.6 Å². The van der Waals surface area contributed by atoms with Gasteiger partial charge in [0, 0.05) is 43.2 Å². The molecule has 4 aliphatic heterocycles. The predicted octanol–water partition coefficient (Wildman–Crippen LogP) is 3.66. The van der Waals surface area contributed by atoms with Gasteiger partial charge in [0.25, 0.3) is 0 Å². The number of aliphatic hydroxyl groups is 1. The maximum atomic E-state index is 14.5. The number of carbonyl (C=O) groups excluding carboxylic acids is 3. The summed E-state index contributed by atoms with van der Waals surface area (Å²) in [6.45, 7) is 5.92. The molecule has 8 nitrogen and oxygen atoms in total. The second-order valence-corrected chi connectivity index (χ2v) is 13.3. The van der Waals surface area contributed by atoms with Crippen molar-refractivity contribution in [3.8, 4) is 5.75 Å². The molecule has 1 N–H and O–H groups in total. The number of amides is 3. The van der Waals surface area contributed by atoms with E-state index in [-0.39, 0.29) is 30.9 Å². The Morgan fingerprint density at radius 2 is 1.67 bits per heavy atom. The zero-order valence-corrected chi connectivity index (χ0v) is 24.8. The molecular formula is C33H37N3O5S. The third-order valence-electron chi connectivity index (χ3n) is 8.87. The molecule has 4 aliphatic rings. The Balaban J connectivity index is 1.39. The van der Waals surface area contributed by atoms with Crippen molar-refractivity contribution in [3.63, 3.8) is 0 Å². The highest BCUT2D eigenvalue weighted by Crippen LogP contribution is 2.65. The summed E-state index contributed by atoms with van der Waals surface area (Å²) < 4.78 is 4.01. The van der Waals surface area contributed by atoms with Crippen LogP contribution in [0.5, 0.6) is 5.75 Å². The monoisotopic (exact) mass is 587 g/mol. The second-order valence-electron chi connectivity index (χ2n) is 11.5. The van der Waals surface area contributed by atoms with Crippen molar-refractivity contribution in [3.05, 3.63) is 84.5 Å². The van der Waals surface area contributed by atoms with Crippen molar-refractivity contribution >= 4 is 35.2 Å². The molecule has 2 aromatic carbocycles. The first kappa shape index (κ1) is 28.6. The zero-order chi connectivity index (χ0) is 29.5. The fourth-order valence-corrected chi connectivity index (χ4v) is 9.27. The van der Waals surface area contributed by atoms with Crippen LogP contribution in [0.15, 0.2) is 78.9 Å². The SMILES string of the molecule is CCOc1ccc(N2CC=C[C@]3(C)S[C@]45C=CCN(Cc6ccccc6)C(=O)C4N(CCCO)C(=O)[C@@H]5[C@@H]3C2=O)cc1. The highest BCUT2D eigenvalue weighted by molar-refractivity contribution is 8.02. The number of likely N-dealkylation sites (tertiary alicyclic amines) is 1. The highest BCUT2D eigenvalue weighted by atomic mass is 32.2. The van der Waals surface area contributed by atoms with Crippen molar-refractivity contribution in [2.45, 2.75) is 42.3 Å². The Morgan fingerprint density at radius 3 is 2.38 bits per heavy atom. The largest absolute Gasteiger partial charge is 0.494 e. The van der Waals surface area contributed by atoms with E-state index < -0.39 is 27.4 Å². The van der Waals surface area contributed by atoms with Gasteiger partial charge in [0.1, 0.15) is 11.8 Å². The molecule has 0 saturated carbocycles. The number of rotatable bonds is 8. The minimum atomic E-state index is -0.906. The van der Waals surface area contributed by atoms with E-state index >= 15 is 0 Å². The fourth-order valence-electron chi connectivity index (χ4n) is 7.12. The number of thioether (sulfide) groups is 1. The lowest BCUT2D eigenvalue weighted by molar-refractivity contribution is -0.143. The van der Waals surface area contributed by atoms with Crippen LogP contribution in [0.4, 0.5) is 5.69 Å². The lowest BCUT2D eigenvalue weighted by Gasteiger charge is -2.36. The summed E-state index contributed by atoms with van der Waals surface area (Å²) in [5.74, 6) is -1.08. The molecule has 2 aromatic rings. The Hall–Kier alpha value is -3.56. The number of anilines is 1. The van der Waals surface area contributed by atoms with Crippen molar-refractivity contribution < 1.29 is 24.2 Å². The smallest absolute Gasteiger partial charge is 0.247 e. The van der Waals surface area contributed by atoms with Crippen LogP contribution in [0.25, 0.3) is 0 Å². The van der Waals surface area contributed by atoms with Gasteiger partial charge in [-0.2, -0.15) is 0 Å². The van der Waals surface area contributed by atoms with Gasteiger partial charge in [-0.05, 0) is 50.1 Å². The molecule has 2 fully saturated rings. The number of fused-ring (bicyclic) bond motifs is 2. The molecule has 0 aliphatic carbocycles. The first-order valence-corrected chi connectivity index (χ1v) is 15.5. The first-order valence-electron chi connectivity index (χ1n) is 14.7. The van der Waals surface area contributed by atoms with Crippen molar-refractivity contribution in [2.75, 3.05) is 37.7 Å². The van der Waals surface area contributed by atoms with E-state index in [0.29, 0.717) is 32.7 Å². The first-order chi connectivity index (χ1) is 20.3. The second kappa shape index (κ2) is 11.3. The summed E-state index contributed by atoms with van der Waals surface area (Å²) in [6, 6.07) is 16.5. The van der Waals surface area contributed by atoms with E-state index in [1.165, 1.54) is 0 Å². The van der Waals surface area contributed by atoms with Gasteiger partial charge >= 0.3 is 0 Å². The van der Waals surface area contributed by atoms with Gasteiger partial charge in [0.15, 0.2) is 0 Å². The number of hydrogen-bond donors (Lipinski definition) is 1. The summed E-state index contributed by atoms with van der Waals surface area (Å²) in [6.07, 6.45) is 8.46. The van der Waals surface area contributed by atoms with Gasteiger partial charge in [0.05, 0.1) is 23.2 Å². The average molecular weight is 588 g/mol. The Bertz CT molecular complexity index is 1410. The number of carbonyl (C=O) groups is 3. The molecule has 6 rings (SSSR count). The minimum absolute atomic E-state index is 0.0899. The topological polar surface area (TPSA) is 90.4 Å². The Labute approximate surface area is 251 Å². The van der Waals surface area contributed by atoms with Crippen LogP contribution in [0.1, 0.15) is 25.8 Å². The van der Waals surface area contributed by atoms with Crippen LogP contribution in [0, 0.1) is 11.8 Å².